The molecule has 0 aromatic heterocycles. The van der Waals surface area contributed by atoms with Gasteiger partial charge in [-0.2, -0.15) is 0 Å². The Kier molecular flexibility index (Phi) is 4.50. The van der Waals surface area contributed by atoms with E-state index in [4.69, 9.17) is 4.84 Å². The Morgan fingerprint density at radius 3 is 2.74 bits per heavy atom. The molecular weight excluding hydrogens is 262 g/mol. The van der Waals surface area contributed by atoms with Gasteiger partial charge in [0.1, 0.15) is 0 Å². The second kappa shape index (κ2) is 5.94. The fourth-order valence-electron chi connectivity index (χ4n) is 2.67. The zero-order chi connectivity index (χ0) is 13.9. The molecule has 0 spiro atoms. The van der Waals surface area contributed by atoms with E-state index in [9.17, 15) is 4.79 Å². The summed E-state index contributed by atoms with van der Waals surface area (Å²) in [6.07, 6.45) is 5.76. The quantitative estimate of drug-likeness (QED) is 0.625. The molecular formula is C13H21N3O2S. The van der Waals surface area contributed by atoms with Crippen molar-refractivity contribution in [1.82, 2.24) is 5.32 Å². The molecule has 1 heterocycles. The standard InChI is InChI=1S/C13H21N3O2S/c1-13(2)10(9-7-5-4-6-8-9)15-11(19-13)16-18-12(17)14-3/h9H,4-8H2,1-3H3,(H,14,17). The van der Waals surface area contributed by atoms with Gasteiger partial charge in [-0.25, -0.2) is 9.79 Å². The minimum Gasteiger partial charge on any atom is -0.323 e. The van der Waals surface area contributed by atoms with Crippen molar-refractivity contribution in [3.05, 3.63) is 0 Å². The number of amidine groups is 1. The number of aliphatic imine (C=N–C) groups is 1. The third-order valence-electron chi connectivity index (χ3n) is 3.58. The van der Waals surface area contributed by atoms with Crippen LogP contribution in [-0.2, 0) is 4.84 Å². The fraction of sp³-hybridized carbons (Fsp3) is 0.769. The van der Waals surface area contributed by atoms with Crippen LogP contribution >= 0.6 is 11.8 Å². The summed E-state index contributed by atoms with van der Waals surface area (Å²) >= 11 is 1.56. The Morgan fingerprint density at radius 2 is 2.11 bits per heavy atom. The van der Waals surface area contributed by atoms with Gasteiger partial charge in [-0.05, 0) is 37.8 Å². The van der Waals surface area contributed by atoms with Crippen LogP contribution in [0.15, 0.2) is 10.1 Å². The van der Waals surface area contributed by atoms with Crippen molar-refractivity contribution in [3.63, 3.8) is 0 Å². The van der Waals surface area contributed by atoms with Gasteiger partial charge in [0, 0.05) is 12.8 Å². The minimum absolute atomic E-state index is 0.0487. The smallest absolute Gasteiger partial charge is 0.323 e. The van der Waals surface area contributed by atoms with Gasteiger partial charge in [-0.1, -0.05) is 31.0 Å². The summed E-state index contributed by atoms with van der Waals surface area (Å²) in [6, 6.07) is 0. The molecule has 0 saturated heterocycles. The Labute approximate surface area is 118 Å². The van der Waals surface area contributed by atoms with Crippen LogP contribution in [0.5, 0.6) is 0 Å². The molecule has 0 radical (unpaired) electrons. The third kappa shape index (κ3) is 3.49. The number of rotatable bonds is 2. The summed E-state index contributed by atoms with van der Waals surface area (Å²) in [6.45, 7) is 4.32. The molecule has 106 valence electrons. The molecule has 2 rings (SSSR count). The Hall–Kier alpha value is -1.04. The van der Waals surface area contributed by atoms with Gasteiger partial charge >= 0.3 is 6.09 Å². The number of carbonyl (C=O) groups is 1. The Bertz CT molecular complexity index is 412. The molecule has 6 heteroatoms. The van der Waals surface area contributed by atoms with E-state index in [2.05, 4.69) is 29.3 Å². The summed E-state index contributed by atoms with van der Waals surface area (Å²) in [5.41, 5.74) is 1.21. The van der Waals surface area contributed by atoms with Crippen LogP contribution in [-0.4, -0.2) is 28.8 Å². The molecule has 1 N–H and O–H groups in total. The molecule has 1 amide bonds. The number of hydrogen-bond donors (Lipinski definition) is 1. The van der Waals surface area contributed by atoms with Crippen LogP contribution in [0.25, 0.3) is 0 Å². The Balaban J connectivity index is 2.09. The second-order valence-electron chi connectivity index (χ2n) is 5.45. The lowest BCUT2D eigenvalue weighted by molar-refractivity contribution is 0.153. The predicted molar refractivity (Wildman–Crippen MR) is 78.7 cm³/mol. The van der Waals surface area contributed by atoms with E-state index >= 15 is 0 Å². The lowest BCUT2D eigenvalue weighted by Crippen LogP contribution is -2.32. The molecule has 0 aromatic rings. The van der Waals surface area contributed by atoms with Crippen molar-refractivity contribution in [3.8, 4) is 0 Å². The van der Waals surface area contributed by atoms with Gasteiger partial charge in [-0.15, -0.1) is 0 Å². The van der Waals surface area contributed by atoms with Crippen molar-refractivity contribution in [1.29, 1.82) is 0 Å². The molecule has 1 fully saturated rings. The molecule has 0 atom stereocenters. The molecule has 5 nitrogen and oxygen atoms in total. The van der Waals surface area contributed by atoms with Crippen LogP contribution in [0.2, 0.25) is 0 Å². The zero-order valence-electron chi connectivity index (χ0n) is 11.7. The fourth-order valence-corrected chi connectivity index (χ4v) is 3.66. The van der Waals surface area contributed by atoms with E-state index in [1.165, 1.54) is 44.9 Å². The summed E-state index contributed by atoms with van der Waals surface area (Å²) in [5.74, 6) is 0.559. The Morgan fingerprint density at radius 1 is 1.42 bits per heavy atom. The van der Waals surface area contributed by atoms with Crippen LogP contribution in [0.3, 0.4) is 0 Å². The zero-order valence-corrected chi connectivity index (χ0v) is 12.5. The van der Waals surface area contributed by atoms with E-state index in [1.54, 1.807) is 11.8 Å². The van der Waals surface area contributed by atoms with Gasteiger partial charge in [0.15, 0.2) is 0 Å². The first-order valence-electron chi connectivity index (χ1n) is 6.78. The van der Waals surface area contributed by atoms with Gasteiger partial charge in [0.05, 0.1) is 4.75 Å². The summed E-state index contributed by atoms with van der Waals surface area (Å²) < 4.78 is -0.0487. The highest BCUT2D eigenvalue weighted by atomic mass is 32.2. The first-order valence-corrected chi connectivity index (χ1v) is 7.59. The monoisotopic (exact) mass is 283 g/mol. The first-order chi connectivity index (χ1) is 9.03. The predicted octanol–water partition coefficient (Wildman–Crippen LogP) is 3.16. The van der Waals surface area contributed by atoms with E-state index in [0.717, 1.165) is 0 Å². The van der Waals surface area contributed by atoms with E-state index in [0.29, 0.717) is 11.1 Å². The summed E-state index contributed by atoms with van der Waals surface area (Å²) in [5, 5.41) is 6.72. The van der Waals surface area contributed by atoms with E-state index < -0.39 is 6.09 Å². The average Bonchev–Trinajstić information content (AvgIpc) is 2.72. The van der Waals surface area contributed by atoms with E-state index in [-0.39, 0.29) is 4.75 Å². The van der Waals surface area contributed by atoms with Crippen molar-refractivity contribution in [2.24, 2.45) is 16.1 Å². The normalized spacial score (nSPS) is 25.2. The van der Waals surface area contributed by atoms with Crippen molar-refractivity contribution in [2.45, 2.75) is 50.7 Å². The second-order valence-corrected chi connectivity index (χ2v) is 7.04. The van der Waals surface area contributed by atoms with Crippen LogP contribution in [0.4, 0.5) is 4.79 Å². The van der Waals surface area contributed by atoms with Crippen LogP contribution in [0, 0.1) is 5.92 Å². The molecule has 0 bridgehead atoms. The number of carbonyl (C=O) groups excluding carboxylic acids is 1. The lowest BCUT2D eigenvalue weighted by Gasteiger charge is -2.28. The van der Waals surface area contributed by atoms with Crippen molar-refractivity contribution >= 4 is 28.7 Å². The summed E-state index contributed by atoms with van der Waals surface area (Å²) in [7, 11) is 1.50. The summed E-state index contributed by atoms with van der Waals surface area (Å²) in [4.78, 5) is 20.3. The van der Waals surface area contributed by atoms with E-state index in [1.807, 2.05) is 0 Å². The number of hydrogen-bond acceptors (Lipinski definition) is 4. The molecule has 2 aliphatic rings. The first kappa shape index (κ1) is 14.4. The van der Waals surface area contributed by atoms with Gasteiger partial charge < -0.3 is 5.32 Å². The molecule has 0 unspecified atom stereocenters. The lowest BCUT2D eigenvalue weighted by atomic mass is 9.81. The van der Waals surface area contributed by atoms with Gasteiger partial charge in [-0.3, -0.25) is 4.84 Å². The number of nitrogens with one attached hydrogen (secondary N) is 1. The van der Waals surface area contributed by atoms with Gasteiger partial charge in [0.25, 0.3) is 0 Å². The largest absolute Gasteiger partial charge is 0.433 e. The van der Waals surface area contributed by atoms with Crippen molar-refractivity contribution in [2.75, 3.05) is 7.05 Å². The number of thioether (sulfide) groups is 1. The molecule has 19 heavy (non-hydrogen) atoms. The minimum atomic E-state index is -0.563. The number of oxime groups is 1. The molecule has 0 aromatic carbocycles. The highest BCUT2D eigenvalue weighted by Gasteiger charge is 2.39. The van der Waals surface area contributed by atoms with Gasteiger partial charge in [0.2, 0.25) is 5.17 Å². The maximum atomic E-state index is 11.0. The number of amides is 1. The van der Waals surface area contributed by atoms with Crippen LogP contribution < -0.4 is 5.32 Å². The average molecular weight is 283 g/mol. The highest BCUT2D eigenvalue weighted by Crippen LogP contribution is 2.40. The molecule has 1 aliphatic carbocycles. The highest BCUT2D eigenvalue weighted by molar-refractivity contribution is 8.16. The maximum absolute atomic E-state index is 11.0. The van der Waals surface area contributed by atoms with Crippen LogP contribution in [0.1, 0.15) is 46.0 Å². The maximum Gasteiger partial charge on any atom is 0.433 e. The third-order valence-corrected chi connectivity index (χ3v) is 4.65. The topological polar surface area (TPSA) is 63.0 Å². The number of nitrogens with zero attached hydrogens (tertiary/aromatic N) is 2. The molecule has 1 saturated carbocycles. The molecule has 1 aliphatic heterocycles. The van der Waals surface area contributed by atoms with Crippen molar-refractivity contribution < 1.29 is 9.63 Å². The SMILES string of the molecule is CNC(=O)ON=C1N=C(C2CCCCC2)C(C)(C)S1.